The van der Waals surface area contributed by atoms with Crippen molar-refractivity contribution >= 4 is 11.6 Å². The Bertz CT molecular complexity index is 332. The van der Waals surface area contributed by atoms with Gasteiger partial charge in [0.05, 0.1) is 17.6 Å². The molecule has 0 bridgehead atoms. The number of nitrogens with one attached hydrogen (secondary N) is 1. The van der Waals surface area contributed by atoms with Gasteiger partial charge in [0.1, 0.15) is 0 Å². The second-order valence-corrected chi connectivity index (χ2v) is 3.48. The largest absolute Gasteiger partial charge is 0.379 e. The molecule has 1 unspecified atom stereocenters. The summed E-state index contributed by atoms with van der Waals surface area (Å²) in [6.07, 6.45) is 2.07. The number of carbonyl (C=O) groups is 1. The number of rotatable bonds is 4. The fourth-order valence-corrected chi connectivity index (χ4v) is 1.26. The topological polar surface area (TPSA) is 72.9 Å². The van der Waals surface area contributed by atoms with E-state index in [9.17, 15) is 4.79 Å². The number of hydrogen-bond donors (Lipinski definition) is 2. The molecule has 0 aromatic carbocycles. The van der Waals surface area contributed by atoms with Crippen LogP contribution in [0, 0.1) is 6.92 Å². The zero-order chi connectivity index (χ0) is 10.7. The molecule has 1 aromatic rings. The van der Waals surface area contributed by atoms with E-state index in [1.165, 1.54) is 0 Å². The Hall–Kier alpha value is -1.52. The third-order valence-electron chi connectivity index (χ3n) is 2.14. The number of carbonyl (C=O) groups excluding carboxylic acids is 1. The van der Waals surface area contributed by atoms with Crippen LogP contribution in [-0.4, -0.2) is 21.7 Å². The standard InChI is InChI=1S/C9H16N4O/c1-6(4-9(10)14)12-8-5-11-13(3)7(8)2/h5-6,12H,4H2,1-3H3,(H2,10,14). The highest BCUT2D eigenvalue weighted by Crippen LogP contribution is 2.13. The molecule has 5 heteroatoms. The van der Waals surface area contributed by atoms with E-state index in [1.807, 2.05) is 20.9 Å². The van der Waals surface area contributed by atoms with Gasteiger partial charge < -0.3 is 11.1 Å². The molecule has 0 radical (unpaired) electrons. The van der Waals surface area contributed by atoms with Gasteiger partial charge in [-0.3, -0.25) is 9.48 Å². The van der Waals surface area contributed by atoms with E-state index in [0.29, 0.717) is 6.42 Å². The molecule has 0 fully saturated rings. The van der Waals surface area contributed by atoms with Gasteiger partial charge in [0.15, 0.2) is 0 Å². The predicted molar refractivity (Wildman–Crippen MR) is 54.8 cm³/mol. The minimum atomic E-state index is -0.299. The summed E-state index contributed by atoms with van der Waals surface area (Å²) in [6, 6.07) is 0.0374. The van der Waals surface area contributed by atoms with E-state index in [4.69, 9.17) is 5.73 Å². The number of aryl methyl sites for hydroxylation is 1. The van der Waals surface area contributed by atoms with Crippen molar-refractivity contribution in [1.82, 2.24) is 9.78 Å². The molecular formula is C9H16N4O. The van der Waals surface area contributed by atoms with Gasteiger partial charge in [-0.15, -0.1) is 0 Å². The Balaban J connectivity index is 2.60. The summed E-state index contributed by atoms with van der Waals surface area (Å²) < 4.78 is 1.78. The van der Waals surface area contributed by atoms with E-state index in [1.54, 1.807) is 10.9 Å². The first-order valence-electron chi connectivity index (χ1n) is 4.54. The van der Waals surface area contributed by atoms with Crippen LogP contribution in [0.1, 0.15) is 19.0 Å². The second kappa shape index (κ2) is 4.13. The van der Waals surface area contributed by atoms with E-state index in [0.717, 1.165) is 11.4 Å². The Kier molecular flexibility index (Phi) is 3.11. The molecule has 1 rings (SSSR count). The van der Waals surface area contributed by atoms with Crippen molar-refractivity contribution in [2.45, 2.75) is 26.3 Å². The van der Waals surface area contributed by atoms with Gasteiger partial charge in [-0.05, 0) is 13.8 Å². The first-order chi connectivity index (χ1) is 6.50. The molecule has 0 saturated heterocycles. The molecule has 0 saturated carbocycles. The first-order valence-corrected chi connectivity index (χ1v) is 4.54. The van der Waals surface area contributed by atoms with Crippen molar-refractivity contribution in [2.75, 3.05) is 5.32 Å². The van der Waals surface area contributed by atoms with Crippen LogP contribution in [0.4, 0.5) is 5.69 Å². The summed E-state index contributed by atoms with van der Waals surface area (Å²) in [7, 11) is 1.87. The smallest absolute Gasteiger partial charge is 0.219 e. The third-order valence-corrected chi connectivity index (χ3v) is 2.14. The average Bonchev–Trinajstić information content (AvgIpc) is 2.34. The molecule has 14 heavy (non-hydrogen) atoms. The molecule has 78 valence electrons. The highest BCUT2D eigenvalue weighted by Gasteiger charge is 2.09. The molecule has 1 amide bonds. The Morgan fingerprint density at radius 2 is 2.43 bits per heavy atom. The highest BCUT2D eigenvalue weighted by molar-refractivity contribution is 5.74. The normalized spacial score (nSPS) is 12.5. The zero-order valence-electron chi connectivity index (χ0n) is 8.74. The monoisotopic (exact) mass is 196 g/mol. The fourth-order valence-electron chi connectivity index (χ4n) is 1.26. The van der Waals surface area contributed by atoms with Crippen molar-refractivity contribution in [2.24, 2.45) is 12.8 Å². The van der Waals surface area contributed by atoms with Gasteiger partial charge in [0.2, 0.25) is 5.91 Å². The van der Waals surface area contributed by atoms with E-state index in [-0.39, 0.29) is 11.9 Å². The quantitative estimate of drug-likeness (QED) is 0.732. The van der Waals surface area contributed by atoms with Crippen LogP contribution in [0.5, 0.6) is 0 Å². The lowest BCUT2D eigenvalue weighted by Crippen LogP contribution is -2.24. The minimum absolute atomic E-state index is 0.0374. The Labute approximate surface area is 83.3 Å². The van der Waals surface area contributed by atoms with Crippen molar-refractivity contribution in [3.05, 3.63) is 11.9 Å². The number of primary amides is 1. The summed E-state index contributed by atoms with van der Waals surface area (Å²) in [6.45, 7) is 3.88. The van der Waals surface area contributed by atoms with E-state index < -0.39 is 0 Å². The number of anilines is 1. The summed E-state index contributed by atoms with van der Waals surface area (Å²) in [5.74, 6) is -0.299. The zero-order valence-corrected chi connectivity index (χ0v) is 8.74. The lowest BCUT2D eigenvalue weighted by atomic mass is 10.2. The Morgan fingerprint density at radius 3 is 2.86 bits per heavy atom. The molecule has 5 nitrogen and oxygen atoms in total. The summed E-state index contributed by atoms with van der Waals surface area (Å²) >= 11 is 0. The number of aromatic nitrogens is 2. The van der Waals surface area contributed by atoms with Gasteiger partial charge in [0.25, 0.3) is 0 Å². The maximum absolute atomic E-state index is 10.7. The first kappa shape index (κ1) is 10.6. The lowest BCUT2D eigenvalue weighted by molar-refractivity contribution is -0.118. The Morgan fingerprint density at radius 1 is 1.79 bits per heavy atom. The fraction of sp³-hybridized carbons (Fsp3) is 0.556. The molecule has 1 heterocycles. The van der Waals surface area contributed by atoms with Crippen LogP contribution in [0.3, 0.4) is 0 Å². The maximum atomic E-state index is 10.7. The van der Waals surface area contributed by atoms with Gasteiger partial charge in [-0.2, -0.15) is 5.10 Å². The van der Waals surface area contributed by atoms with Crippen molar-refractivity contribution < 1.29 is 4.79 Å². The van der Waals surface area contributed by atoms with Gasteiger partial charge in [-0.1, -0.05) is 0 Å². The lowest BCUT2D eigenvalue weighted by Gasteiger charge is -2.12. The average molecular weight is 196 g/mol. The molecule has 0 aliphatic heterocycles. The van der Waals surface area contributed by atoms with Crippen molar-refractivity contribution in [3.63, 3.8) is 0 Å². The maximum Gasteiger partial charge on any atom is 0.219 e. The predicted octanol–water partition coefficient (Wildman–Crippen LogP) is 0.404. The van der Waals surface area contributed by atoms with Crippen molar-refractivity contribution in [3.8, 4) is 0 Å². The SMILES string of the molecule is Cc1c(NC(C)CC(N)=O)cnn1C. The van der Waals surface area contributed by atoms with Crippen LogP contribution >= 0.6 is 0 Å². The summed E-state index contributed by atoms with van der Waals surface area (Å²) in [5, 5.41) is 7.26. The number of hydrogen-bond acceptors (Lipinski definition) is 3. The van der Waals surface area contributed by atoms with Gasteiger partial charge in [-0.25, -0.2) is 0 Å². The van der Waals surface area contributed by atoms with Crippen LogP contribution in [0.25, 0.3) is 0 Å². The molecule has 1 aromatic heterocycles. The molecule has 1 atom stereocenters. The molecule has 0 aliphatic carbocycles. The summed E-state index contributed by atoms with van der Waals surface area (Å²) in [5.41, 5.74) is 7.08. The van der Waals surface area contributed by atoms with Crippen LogP contribution in [0.2, 0.25) is 0 Å². The minimum Gasteiger partial charge on any atom is -0.379 e. The van der Waals surface area contributed by atoms with E-state index in [2.05, 4.69) is 10.4 Å². The van der Waals surface area contributed by atoms with Gasteiger partial charge in [0, 0.05) is 19.5 Å². The molecule has 0 spiro atoms. The van der Waals surface area contributed by atoms with Crippen molar-refractivity contribution in [1.29, 1.82) is 0 Å². The molecule has 0 aliphatic rings. The van der Waals surface area contributed by atoms with Crippen LogP contribution < -0.4 is 11.1 Å². The summed E-state index contributed by atoms with van der Waals surface area (Å²) in [4.78, 5) is 10.7. The van der Waals surface area contributed by atoms with Gasteiger partial charge >= 0.3 is 0 Å². The highest BCUT2D eigenvalue weighted by atomic mass is 16.1. The number of nitrogens with two attached hydrogens (primary N) is 1. The number of nitrogens with zero attached hydrogens (tertiary/aromatic N) is 2. The third kappa shape index (κ3) is 2.48. The molecular weight excluding hydrogens is 180 g/mol. The van der Waals surface area contributed by atoms with E-state index >= 15 is 0 Å². The molecule has 3 N–H and O–H groups in total. The van der Waals surface area contributed by atoms with Crippen LogP contribution in [0.15, 0.2) is 6.20 Å². The number of amides is 1. The second-order valence-electron chi connectivity index (χ2n) is 3.48. The van der Waals surface area contributed by atoms with Crippen LogP contribution in [-0.2, 0) is 11.8 Å².